The maximum absolute atomic E-state index is 14.3. The number of hydrogen-bond acceptors (Lipinski definition) is 15. The van der Waals surface area contributed by atoms with Crippen LogP contribution in [0.15, 0.2) is 60.7 Å². The lowest BCUT2D eigenvalue weighted by Gasteiger charge is -2.34. The highest BCUT2D eigenvalue weighted by molar-refractivity contribution is 7.49. The first kappa shape index (κ1) is 36.0. The molecule has 250 valence electrons. The molecule has 2 aromatic carbocycles. The predicted octanol–water partition coefficient (Wildman–Crippen LogP) is 3.67. The van der Waals surface area contributed by atoms with E-state index >= 15 is 0 Å². The Kier molecular flexibility index (Phi) is 13.1. The average Bonchev–Trinajstić information content (AvgIpc) is 3.07. The first-order valence-electron chi connectivity index (χ1n) is 14.0. The largest absolute Gasteiger partial charge is 0.590 e. The van der Waals surface area contributed by atoms with E-state index in [1.165, 1.54) is 24.3 Å². The topological polar surface area (TPSA) is 185 Å². The van der Waals surface area contributed by atoms with Crippen LogP contribution in [0.5, 0.6) is 11.5 Å². The smallest absolute Gasteiger partial charge is 0.462 e. The van der Waals surface area contributed by atoms with Crippen molar-refractivity contribution in [3.05, 3.63) is 60.7 Å². The van der Waals surface area contributed by atoms with Crippen LogP contribution < -0.4 is 9.05 Å². The highest BCUT2D eigenvalue weighted by Gasteiger charge is 2.52. The molecule has 46 heavy (non-hydrogen) atoms. The van der Waals surface area contributed by atoms with Crippen LogP contribution in [0, 0.1) is 0 Å². The Balaban J connectivity index is 2.16. The van der Waals surface area contributed by atoms with Gasteiger partial charge in [0.2, 0.25) is 6.29 Å². The number of phosphoric ester groups is 1. The third-order valence-corrected chi connectivity index (χ3v) is 7.31. The lowest BCUT2D eigenvalue weighted by atomic mass is 9.99. The van der Waals surface area contributed by atoms with Gasteiger partial charge in [0.25, 0.3) is 0 Å². The van der Waals surface area contributed by atoms with Gasteiger partial charge in [-0.25, -0.2) is 9.09 Å². The molecule has 0 amide bonds. The summed E-state index contributed by atoms with van der Waals surface area (Å²) in [6.07, 6.45) is -9.94. The second-order valence-corrected chi connectivity index (χ2v) is 11.4. The SMILES string of the molecule is CC(=O)OC[C@@H](OC(C)=O)C1OC(OP(=O)(Oc2ccccc2)Oc2ccccc2)[C@H](OC(C)=O)C[C@@H](OC(C)=O)C1OC(C)=O. The molecule has 6 atom stereocenters. The van der Waals surface area contributed by atoms with E-state index in [-0.39, 0.29) is 11.5 Å². The van der Waals surface area contributed by atoms with Crippen LogP contribution in [-0.2, 0) is 61.5 Å². The minimum absolute atomic E-state index is 0.0687. The van der Waals surface area contributed by atoms with E-state index in [9.17, 15) is 28.5 Å². The third kappa shape index (κ3) is 11.5. The summed E-state index contributed by atoms with van der Waals surface area (Å²) >= 11 is 0. The van der Waals surface area contributed by atoms with Crippen LogP contribution in [0.2, 0.25) is 0 Å². The fourth-order valence-electron chi connectivity index (χ4n) is 4.40. The lowest BCUT2D eigenvalue weighted by molar-refractivity contribution is -0.230. The Bertz CT molecular complexity index is 1350. The van der Waals surface area contributed by atoms with E-state index in [4.69, 9.17) is 42.0 Å². The molecule has 0 N–H and O–H groups in total. The average molecular weight is 667 g/mol. The molecule has 1 fully saturated rings. The Morgan fingerprint density at radius 3 is 1.67 bits per heavy atom. The zero-order chi connectivity index (χ0) is 33.9. The highest BCUT2D eigenvalue weighted by atomic mass is 31.2. The molecule has 0 bridgehead atoms. The molecule has 1 saturated heterocycles. The van der Waals surface area contributed by atoms with E-state index in [1.807, 2.05) is 0 Å². The number of carbonyl (C=O) groups is 5. The van der Waals surface area contributed by atoms with Crippen molar-refractivity contribution in [3.63, 3.8) is 0 Å². The van der Waals surface area contributed by atoms with Gasteiger partial charge in [-0.05, 0) is 24.3 Å². The molecule has 0 saturated carbocycles. The van der Waals surface area contributed by atoms with Gasteiger partial charge in [-0.3, -0.25) is 24.0 Å². The normalized spacial score (nSPS) is 21.8. The molecule has 0 aliphatic carbocycles. The molecule has 3 rings (SSSR count). The van der Waals surface area contributed by atoms with Crippen molar-refractivity contribution in [2.24, 2.45) is 0 Å². The first-order chi connectivity index (χ1) is 21.7. The summed E-state index contributed by atoms with van der Waals surface area (Å²) in [5.74, 6) is -4.00. The molecule has 1 heterocycles. The number of ether oxygens (including phenoxy) is 6. The predicted molar refractivity (Wildman–Crippen MR) is 155 cm³/mol. The molecular weight excluding hydrogens is 631 g/mol. The van der Waals surface area contributed by atoms with E-state index in [0.29, 0.717) is 0 Å². The maximum Gasteiger partial charge on any atom is 0.590 e. The summed E-state index contributed by atoms with van der Waals surface area (Å²) in [4.78, 5) is 60.6. The zero-order valence-electron chi connectivity index (χ0n) is 25.7. The van der Waals surface area contributed by atoms with Gasteiger partial charge in [-0.15, -0.1) is 0 Å². The molecule has 16 heteroatoms. The minimum atomic E-state index is -4.77. The number of carbonyl (C=O) groups excluding carboxylic acids is 5. The number of rotatable bonds is 13. The number of benzene rings is 2. The fourth-order valence-corrected chi connectivity index (χ4v) is 5.72. The fraction of sp³-hybridized carbons (Fsp3) is 0.433. The van der Waals surface area contributed by atoms with E-state index in [2.05, 4.69) is 0 Å². The van der Waals surface area contributed by atoms with Crippen LogP contribution in [0.3, 0.4) is 0 Å². The molecule has 1 aliphatic heterocycles. The number of esters is 5. The summed E-state index contributed by atoms with van der Waals surface area (Å²) < 4.78 is 64.6. The Labute approximate surface area is 264 Å². The summed E-state index contributed by atoms with van der Waals surface area (Å²) in [7, 11) is -4.77. The molecule has 3 unspecified atom stereocenters. The van der Waals surface area contributed by atoms with Crippen LogP contribution in [0.4, 0.5) is 0 Å². The molecular formula is C30H35O15P. The molecule has 2 aromatic rings. The number of para-hydroxylation sites is 2. The van der Waals surface area contributed by atoms with Gasteiger partial charge in [0.15, 0.2) is 18.3 Å². The second-order valence-electron chi connectivity index (χ2n) is 9.89. The highest BCUT2D eigenvalue weighted by Crippen LogP contribution is 2.52. The number of phosphoric acid groups is 1. The molecule has 1 aliphatic rings. The van der Waals surface area contributed by atoms with Crippen molar-refractivity contribution in [2.75, 3.05) is 6.61 Å². The second kappa shape index (κ2) is 16.7. The third-order valence-electron chi connectivity index (χ3n) is 5.97. The summed E-state index contributed by atoms with van der Waals surface area (Å²) in [6.45, 7) is 4.77. The van der Waals surface area contributed by atoms with Gasteiger partial charge in [0.05, 0.1) is 0 Å². The quantitative estimate of drug-likeness (QED) is 0.171. The van der Waals surface area contributed by atoms with Crippen molar-refractivity contribution in [1.29, 1.82) is 0 Å². The van der Waals surface area contributed by atoms with Gasteiger partial charge in [0, 0.05) is 41.0 Å². The van der Waals surface area contributed by atoms with Crippen molar-refractivity contribution >= 4 is 37.7 Å². The summed E-state index contributed by atoms with van der Waals surface area (Å²) in [5.41, 5.74) is 0. The van der Waals surface area contributed by atoms with Gasteiger partial charge in [-0.2, -0.15) is 0 Å². The van der Waals surface area contributed by atoms with Crippen molar-refractivity contribution in [2.45, 2.75) is 77.8 Å². The minimum Gasteiger partial charge on any atom is -0.462 e. The van der Waals surface area contributed by atoms with E-state index in [0.717, 1.165) is 34.6 Å². The van der Waals surface area contributed by atoms with Gasteiger partial charge < -0.3 is 37.5 Å². The van der Waals surface area contributed by atoms with Crippen molar-refractivity contribution in [3.8, 4) is 11.5 Å². The van der Waals surface area contributed by atoms with Crippen LogP contribution in [0.25, 0.3) is 0 Å². The Morgan fingerprint density at radius 2 is 1.22 bits per heavy atom. The summed E-state index contributed by atoms with van der Waals surface area (Å²) in [5, 5.41) is 0. The monoisotopic (exact) mass is 666 g/mol. The molecule has 0 spiro atoms. The van der Waals surface area contributed by atoms with Crippen LogP contribution in [0.1, 0.15) is 41.0 Å². The Hall–Kier alpha value is -4.46. The molecule has 0 aromatic heterocycles. The molecule has 15 nitrogen and oxygen atoms in total. The number of hydrogen-bond donors (Lipinski definition) is 0. The summed E-state index contributed by atoms with van der Waals surface area (Å²) in [6, 6.07) is 15.7. The standard InChI is InChI=1S/C30H35O15P/c1-18(31)37-17-27(40-21(4)34)29-28(41-22(5)35)25(38-19(2)32)16-26(39-20(3)33)30(42-29)45-46(36,43-23-12-8-6-9-13-23)44-24-14-10-7-11-15-24/h6-15,25-30H,16-17H2,1-5H3/t25-,26-,27-,28?,29?,30?/m1/s1. The van der Waals surface area contributed by atoms with Gasteiger partial charge in [0.1, 0.15) is 30.3 Å². The lowest BCUT2D eigenvalue weighted by Crippen LogP contribution is -2.52. The first-order valence-corrected chi connectivity index (χ1v) is 15.5. The van der Waals surface area contributed by atoms with Crippen LogP contribution >= 0.6 is 7.82 Å². The van der Waals surface area contributed by atoms with E-state index in [1.54, 1.807) is 36.4 Å². The maximum atomic E-state index is 14.3. The van der Waals surface area contributed by atoms with E-state index < -0.39 is 87.5 Å². The van der Waals surface area contributed by atoms with Gasteiger partial charge >= 0.3 is 37.7 Å². The van der Waals surface area contributed by atoms with Crippen molar-refractivity contribution < 1.29 is 70.5 Å². The van der Waals surface area contributed by atoms with Gasteiger partial charge in [-0.1, -0.05) is 36.4 Å². The Morgan fingerprint density at radius 1 is 0.717 bits per heavy atom. The van der Waals surface area contributed by atoms with Crippen LogP contribution in [-0.4, -0.2) is 73.3 Å². The van der Waals surface area contributed by atoms with Crippen molar-refractivity contribution in [1.82, 2.24) is 0 Å². The molecule has 0 radical (unpaired) electrons. The zero-order valence-corrected chi connectivity index (χ0v) is 26.6.